The molecule has 0 atom stereocenters. The number of nitro groups is 1. The van der Waals surface area contributed by atoms with Crippen LogP contribution < -0.4 is 40.0 Å². The van der Waals surface area contributed by atoms with Gasteiger partial charge < -0.3 is 9.52 Å². The van der Waals surface area contributed by atoms with Crippen molar-refractivity contribution < 1.29 is 53.6 Å². The van der Waals surface area contributed by atoms with E-state index < -0.39 is 28.5 Å². The van der Waals surface area contributed by atoms with Crippen LogP contribution in [0.2, 0.25) is 0 Å². The van der Waals surface area contributed by atoms with Crippen molar-refractivity contribution in [2.75, 3.05) is 0 Å². The van der Waals surface area contributed by atoms with Crippen molar-refractivity contribution in [2.45, 2.75) is 0 Å². The molecule has 2 heterocycles. The molecule has 0 aliphatic carbocycles. The molecule has 0 radical (unpaired) electrons. The SMILES string of the molecule is O=C1NC(=O)c2c(N=C([O-])c3ccc([N+](=O)[O-])o3)cccc21.[Na+]. The summed E-state index contributed by atoms with van der Waals surface area (Å²) in [7, 11) is 0. The monoisotopic (exact) mass is 323 g/mol. The number of hydrogen-bond acceptors (Lipinski definition) is 7. The number of hydrogen-bond donors (Lipinski definition) is 1. The van der Waals surface area contributed by atoms with E-state index in [4.69, 9.17) is 4.42 Å². The van der Waals surface area contributed by atoms with Crippen LogP contribution in [0.25, 0.3) is 0 Å². The second-order valence-electron chi connectivity index (χ2n) is 4.29. The number of nitrogens with one attached hydrogen (secondary N) is 1. The van der Waals surface area contributed by atoms with Crippen molar-refractivity contribution in [3.63, 3.8) is 0 Å². The molecule has 0 spiro atoms. The minimum absolute atomic E-state index is 0. The number of fused-ring (bicyclic) bond motifs is 1. The summed E-state index contributed by atoms with van der Waals surface area (Å²) in [5, 5.41) is 24.5. The smallest absolute Gasteiger partial charge is 0.856 e. The van der Waals surface area contributed by atoms with E-state index in [1.54, 1.807) is 0 Å². The Morgan fingerprint density at radius 1 is 1.17 bits per heavy atom. The molecule has 9 nitrogen and oxygen atoms in total. The summed E-state index contributed by atoms with van der Waals surface area (Å²) in [5.41, 5.74) is 0.0938. The molecule has 0 saturated heterocycles. The van der Waals surface area contributed by atoms with Crippen molar-refractivity contribution in [1.82, 2.24) is 5.32 Å². The molecule has 0 bridgehead atoms. The first-order valence-electron chi connectivity index (χ1n) is 5.96. The van der Waals surface area contributed by atoms with Gasteiger partial charge in [0.1, 0.15) is 10.7 Å². The van der Waals surface area contributed by atoms with Crippen LogP contribution in [0.1, 0.15) is 26.5 Å². The first kappa shape index (κ1) is 16.9. The molecule has 23 heavy (non-hydrogen) atoms. The van der Waals surface area contributed by atoms with Crippen LogP contribution in [0.4, 0.5) is 11.6 Å². The van der Waals surface area contributed by atoms with Gasteiger partial charge in [-0.3, -0.25) is 30.0 Å². The van der Waals surface area contributed by atoms with Gasteiger partial charge in [-0.05, 0) is 18.2 Å². The third-order valence-corrected chi connectivity index (χ3v) is 2.95. The fourth-order valence-corrected chi connectivity index (χ4v) is 2.00. The van der Waals surface area contributed by atoms with Crippen LogP contribution in [0.5, 0.6) is 0 Å². The van der Waals surface area contributed by atoms with E-state index in [1.165, 1.54) is 18.2 Å². The van der Waals surface area contributed by atoms with Gasteiger partial charge in [0.05, 0.1) is 22.9 Å². The minimum Gasteiger partial charge on any atom is -0.856 e. The molecule has 0 saturated carbocycles. The van der Waals surface area contributed by atoms with Crippen LogP contribution in [-0.4, -0.2) is 22.6 Å². The molecule has 0 fully saturated rings. The van der Waals surface area contributed by atoms with Crippen LogP contribution in [-0.2, 0) is 0 Å². The predicted octanol–water partition coefficient (Wildman–Crippen LogP) is -2.49. The maximum absolute atomic E-state index is 11.9. The molecule has 1 aliphatic rings. The fourth-order valence-electron chi connectivity index (χ4n) is 2.00. The molecule has 1 aromatic carbocycles. The Balaban J connectivity index is 0.00000192. The maximum atomic E-state index is 11.9. The molecule has 3 rings (SSSR count). The number of carbonyl (C=O) groups excluding carboxylic acids is 2. The largest absolute Gasteiger partial charge is 1.00 e. The number of carbonyl (C=O) groups is 2. The topological polar surface area (TPSA) is 138 Å². The van der Waals surface area contributed by atoms with Crippen molar-refractivity contribution in [2.24, 2.45) is 4.99 Å². The average Bonchev–Trinajstić information content (AvgIpc) is 3.06. The molecule has 2 aromatic rings. The van der Waals surface area contributed by atoms with Gasteiger partial charge in [0.15, 0.2) is 0 Å². The van der Waals surface area contributed by atoms with E-state index in [-0.39, 0.29) is 52.1 Å². The predicted molar refractivity (Wildman–Crippen MR) is 69.8 cm³/mol. The molecule has 10 heteroatoms. The van der Waals surface area contributed by atoms with Crippen LogP contribution in [0.3, 0.4) is 0 Å². The van der Waals surface area contributed by atoms with Gasteiger partial charge in [-0.15, -0.1) is 0 Å². The number of furan rings is 1. The number of benzene rings is 1. The van der Waals surface area contributed by atoms with Gasteiger partial charge in [0.25, 0.3) is 11.8 Å². The zero-order valence-corrected chi connectivity index (χ0v) is 13.7. The molecular formula is C13H6N3NaO6. The Hall–Kier alpha value is -2.49. The summed E-state index contributed by atoms with van der Waals surface area (Å²) in [5.74, 6) is -3.05. The normalized spacial score (nSPS) is 13.3. The van der Waals surface area contributed by atoms with Gasteiger partial charge in [-0.1, -0.05) is 6.07 Å². The summed E-state index contributed by atoms with van der Waals surface area (Å²) in [6.45, 7) is 0. The van der Waals surface area contributed by atoms with E-state index in [0.29, 0.717) is 0 Å². The maximum Gasteiger partial charge on any atom is 1.00 e. The molecule has 110 valence electrons. The first-order chi connectivity index (χ1) is 10.5. The Labute approximate surface area is 150 Å². The summed E-state index contributed by atoms with van der Waals surface area (Å²) in [6.07, 6.45) is 0. The van der Waals surface area contributed by atoms with Crippen molar-refractivity contribution in [3.8, 4) is 0 Å². The number of amides is 2. The summed E-state index contributed by atoms with van der Waals surface area (Å²) in [4.78, 5) is 36.6. The molecule has 1 aliphatic heterocycles. The van der Waals surface area contributed by atoms with E-state index in [9.17, 15) is 24.8 Å². The minimum atomic E-state index is -0.895. The van der Waals surface area contributed by atoms with Crippen molar-refractivity contribution in [3.05, 3.63) is 57.3 Å². The van der Waals surface area contributed by atoms with Gasteiger partial charge in [-0.25, -0.2) is 0 Å². The zero-order valence-electron chi connectivity index (χ0n) is 11.7. The van der Waals surface area contributed by atoms with Crippen LogP contribution >= 0.6 is 0 Å². The first-order valence-corrected chi connectivity index (χ1v) is 5.96. The molecule has 1 aromatic heterocycles. The van der Waals surface area contributed by atoms with E-state index in [2.05, 4.69) is 10.3 Å². The number of imide groups is 1. The fraction of sp³-hybridized carbons (Fsp3) is 0. The second kappa shape index (κ2) is 6.32. The Morgan fingerprint density at radius 2 is 1.91 bits per heavy atom. The standard InChI is InChI=1S/C13H7N3O6.Na/c17-11-6-2-1-3-7(10(6)13(19)15-11)14-12(18)8-4-5-9(22-8)16(20)21;/h1-5H,(H,14,18)(H,15,17,19);/q;+1/p-1. The third-order valence-electron chi connectivity index (χ3n) is 2.95. The Kier molecular flexibility index (Phi) is 4.64. The van der Waals surface area contributed by atoms with Gasteiger partial charge in [-0.2, -0.15) is 0 Å². The van der Waals surface area contributed by atoms with Gasteiger partial charge >= 0.3 is 35.4 Å². The quantitative estimate of drug-likeness (QED) is 0.166. The molecule has 0 unspecified atom stereocenters. The third kappa shape index (κ3) is 3.02. The van der Waals surface area contributed by atoms with Crippen molar-refractivity contribution >= 4 is 29.3 Å². The van der Waals surface area contributed by atoms with Gasteiger partial charge in [0.2, 0.25) is 0 Å². The second-order valence-corrected chi connectivity index (χ2v) is 4.29. The summed E-state index contributed by atoms with van der Waals surface area (Å²) in [6, 6.07) is 6.41. The number of rotatable bonds is 3. The Morgan fingerprint density at radius 3 is 2.57 bits per heavy atom. The summed E-state index contributed by atoms with van der Waals surface area (Å²) < 4.78 is 4.74. The van der Waals surface area contributed by atoms with Crippen molar-refractivity contribution in [1.29, 1.82) is 0 Å². The van der Waals surface area contributed by atoms with Crippen LogP contribution in [0, 0.1) is 10.1 Å². The number of nitrogens with zero attached hydrogens (tertiary/aromatic N) is 2. The Bertz CT molecular complexity index is 857. The summed E-state index contributed by atoms with van der Waals surface area (Å²) >= 11 is 0. The molecule has 1 N–H and O–H groups in total. The zero-order chi connectivity index (χ0) is 15.9. The van der Waals surface area contributed by atoms with Gasteiger partial charge in [0, 0.05) is 5.90 Å². The van der Waals surface area contributed by atoms with E-state index >= 15 is 0 Å². The molecular weight excluding hydrogens is 317 g/mol. The van der Waals surface area contributed by atoms with E-state index in [1.807, 2.05) is 0 Å². The van der Waals surface area contributed by atoms with Crippen LogP contribution in [0.15, 0.2) is 39.7 Å². The molecule has 2 amide bonds. The number of aliphatic imine (C=N–C) groups is 1. The van der Waals surface area contributed by atoms with E-state index in [0.717, 1.165) is 12.1 Å². The average molecular weight is 323 g/mol.